The van der Waals surface area contributed by atoms with Crippen LogP contribution in [0.2, 0.25) is 0 Å². The number of aromatic nitrogens is 4. The maximum absolute atomic E-state index is 12.7. The lowest BCUT2D eigenvalue weighted by molar-refractivity contribution is 0.0693. The van der Waals surface area contributed by atoms with E-state index in [0.717, 1.165) is 23.1 Å². The first-order valence-corrected chi connectivity index (χ1v) is 12.3. The molecule has 2 aliphatic rings. The molecule has 0 spiro atoms. The first kappa shape index (κ1) is 24.0. The van der Waals surface area contributed by atoms with Crippen LogP contribution in [0.25, 0.3) is 16.9 Å². The van der Waals surface area contributed by atoms with Gasteiger partial charge in [0.15, 0.2) is 11.1 Å². The van der Waals surface area contributed by atoms with Gasteiger partial charge in [-0.25, -0.2) is 14.3 Å². The van der Waals surface area contributed by atoms with Crippen LogP contribution >= 0.6 is 0 Å². The Kier molecular flexibility index (Phi) is 5.42. The van der Waals surface area contributed by atoms with Gasteiger partial charge < -0.3 is 14.6 Å². The SMILES string of the molecule is COCc1cc2c(cc1OCCn1nc3ccccn3c1=O)C1CC(C)(C)N1n1cc(C(=O)O)c(=O)cc1-2. The largest absolute Gasteiger partial charge is 0.491 e. The number of methoxy groups -OCH3 is 1. The molecule has 11 heteroatoms. The second-order valence-electron chi connectivity index (χ2n) is 10.2. The number of pyridine rings is 2. The van der Waals surface area contributed by atoms with E-state index in [2.05, 4.69) is 24.0 Å². The Bertz CT molecular complexity index is 1720. The number of rotatable bonds is 7. The van der Waals surface area contributed by atoms with Gasteiger partial charge in [0.2, 0.25) is 0 Å². The van der Waals surface area contributed by atoms with Gasteiger partial charge in [-0.2, -0.15) is 0 Å². The fourth-order valence-corrected chi connectivity index (χ4v) is 5.61. The van der Waals surface area contributed by atoms with Crippen LogP contribution in [0.15, 0.2) is 58.4 Å². The summed E-state index contributed by atoms with van der Waals surface area (Å²) in [5, 5.41) is 16.0. The molecule has 1 fully saturated rings. The third kappa shape index (κ3) is 3.61. The van der Waals surface area contributed by atoms with Crippen molar-refractivity contribution in [2.45, 2.75) is 45.0 Å². The maximum Gasteiger partial charge on any atom is 0.350 e. The summed E-state index contributed by atoms with van der Waals surface area (Å²) >= 11 is 0. The van der Waals surface area contributed by atoms with Crippen LogP contribution in [0.1, 0.15) is 47.8 Å². The highest BCUT2D eigenvalue weighted by atomic mass is 16.5. The highest BCUT2D eigenvalue weighted by Crippen LogP contribution is 2.52. The first-order chi connectivity index (χ1) is 18.2. The second kappa shape index (κ2) is 8.59. The van der Waals surface area contributed by atoms with Gasteiger partial charge in [0.05, 0.1) is 30.4 Å². The number of benzene rings is 1. The summed E-state index contributed by atoms with van der Waals surface area (Å²) in [5.74, 6) is -0.621. The van der Waals surface area contributed by atoms with Gasteiger partial charge >= 0.3 is 11.7 Å². The van der Waals surface area contributed by atoms with Crippen molar-refractivity contribution in [1.82, 2.24) is 18.9 Å². The highest BCUT2D eigenvalue weighted by Gasteiger charge is 2.50. The van der Waals surface area contributed by atoms with E-state index in [1.54, 1.807) is 30.1 Å². The zero-order valence-electron chi connectivity index (χ0n) is 21.2. The topological polar surface area (TPSA) is 120 Å². The predicted molar refractivity (Wildman–Crippen MR) is 138 cm³/mol. The Morgan fingerprint density at radius 3 is 2.74 bits per heavy atom. The van der Waals surface area contributed by atoms with Crippen molar-refractivity contribution >= 4 is 11.6 Å². The number of hydrogen-bond donors (Lipinski definition) is 1. The Labute approximate surface area is 217 Å². The summed E-state index contributed by atoms with van der Waals surface area (Å²) in [6.07, 6.45) is 3.94. The average molecular weight is 518 g/mol. The summed E-state index contributed by atoms with van der Waals surface area (Å²) in [5.41, 5.74) is 2.52. The molecule has 1 aromatic carbocycles. The van der Waals surface area contributed by atoms with Crippen molar-refractivity contribution in [3.05, 3.63) is 86.2 Å². The molecule has 1 N–H and O–H groups in total. The van der Waals surface area contributed by atoms with Crippen molar-refractivity contribution in [2.24, 2.45) is 0 Å². The normalized spacial score (nSPS) is 16.9. The van der Waals surface area contributed by atoms with Crippen molar-refractivity contribution in [3.8, 4) is 17.0 Å². The molecule has 1 atom stereocenters. The quantitative estimate of drug-likeness (QED) is 0.397. The van der Waals surface area contributed by atoms with Crippen LogP contribution in [0.5, 0.6) is 5.75 Å². The molecule has 0 aliphatic carbocycles. The molecular formula is C27H27N5O6. The van der Waals surface area contributed by atoms with Crippen LogP contribution < -0.4 is 20.9 Å². The van der Waals surface area contributed by atoms with Gasteiger partial charge in [-0.05, 0) is 50.1 Å². The Hall–Kier alpha value is -4.38. The number of aromatic carboxylic acids is 1. The molecule has 0 saturated carbocycles. The molecule has 0 amide bonds. The molecule has 5 heterocycles. The van der Waals surface area contributed by atoms with Crippen LogP contribution in [0.4, 0.5) is 0 Å². The smallest absolute Gasteiger partial charge is 0.350 e. The number of carboxylic acid groups (broad SMARTS) is 1. The summed E-state index contributed by atoms with van der Waals surface area (Å²) in [6.45, 7) is 4.93. The molecule has 1 saturated heterocycles. The van der Waals surface area contributed by atoms with E-state index >= 15 is 0 Å². The van der Waals surface area contributed by atoms with Crippen LogP contribution in [0.3, 0.4) is 0 Å². The van der Waals surface area contributed by atoms with E-state index in [1.165, 1.54) is 21.3 Å². The van der Waals surface area contributed by atoms with Crippen molar-refractivity contribution in [3.63, 3.8) is 0 Å². The third-order valence-electron chi connectivity index (χ3n) is 7.32. The summed E-state index contributed by atoms with van der Waals surface area (Å²) < 4.78 is 16.3. The van der Waals surface area contributed by atoms with Gasteiger partial charge in [0.25, 0.3) is 0 Å². The number of carboxylic acids is 1. The molecule has 1 unspecified atom stereocenters. The van der Waals surface area contributed by atoms with E-state index in [1.807, 2.05) is 18.2 Å². The van der Waals surface area contributed by atoms with Crippen molar-refractivity contribution < 1.29 is 19.4 Å². The summed E-state index contributed by atoms with van der Waals surface area (Å²) in [4.78, 5) is 37.0. The predicted octanol–water partition coefficient (Wildman–Crippen LogP) is 2.42. The molecule has 2 aliphatic heterocycles. The second-order valence-corrected chi connectivity index (χ2v) is 10.2. The Morgan fingerprint density at radius 2 is 2.03 bits per heavy atom. The fourth-order valence-electron chi connectivity index (χ4n) is 5.61. The zero-order valence-corrected chi connectivity index (χ0v) is 21.2. The van der Waals surface area contributed by atoms with Crippen LogP contribution in [0, 0.1) is 0 Å². The van der Waals surface area contributed by atoms with Crippen LogP contribution in [-0.4, -0.2) is 49.2 Å². The van der Waals surface area contributed by atoms with Gasteiger partial charge in [-0.15, -0.1) is 5.10 Å². The minimum absolute atomic E-state index is 0.0170. The van der Waals surface area contributed by atoms with Crippen molar-refractivity contribution in [1.29, 1.82) is 0 Å². The monoisotopic (exact) mass is 517 g/mol. The van der Waals surface area contributed by atoms with Crippen molar-refractivity contribution in [2.75, 3.05) is 18.7 Å². The Morgan fingerprint density at radius 1 is 1.21 bits per heavy atom. The molecule has 196 valence electrons. The van der Waals surface area contributed by atoms with E-state index in [-0.39, 0.29) is 42.6 Å². The maximum atomic E-state index is 12.7. The average Bonchev–Trinajstić information content (AvgIpc) is 3.19. The number of nitrogens with zero attached hydrogens (tertiary/aromatic N) is 5. The highest BCUT2D eigenvalue weighted by molar-refractivity contribution is 5.88. The lowest BCUT2D eigenvalue weighted by Gasteiger charge is -2.60. The van der Waals surface area contributed by atoms with E-state index in [4.69, 9.17) is 9.47 Å². The standard InChI is InChI=1S/C27H27N5O6/c1-27(2)13-21-18-11-23(38-9-8-30-26(36)29-7-5-4-6-24(29)28-30)16(15-37-3)10-17(18)20-12-22(33)19(25(34)35)14-31(20)32(21)27/h4-7,10-12,14,21H,8-9,13,15H2,1-3H3,(H,34,35). The number of hydrogen-bond acceptors (Lipinski definition) is 7. The van der Waals surface area contributed by atoms with Gasteiger partial charge in [0.1, 0.15) is 17.9 Å². The third-order valence-corrected chi connectivity index (χ3v) is 7.32. The molecule has 0 radical (unpaired) electrons. The molecule has 38 heavy (non-hydrogen) atoms. The lowest BCUT2D eigenvalue weighted by Crippen LogP contribution is -2.65. The number of fused-ring (bicyclic) bond motifs is 7. The molecule has 3 aromatic heterocycles. The number of carbonyl (C=O) groups is 1. The van der Waals surface area contributed by atoms with E-state index in [0.29, 0.717) is 17.1 Å². The summed E-state index contributed by atoms with van der Waals surface area (Å²) in [7, 11) is 1.59. The number of ether oxygens (including phenoxy) is 2. The van der Waals surface area contributed by atoms with Gasteiger partial charge in [0, 0.05) is 36.7 Å². The first-order valence-electron chi connectivity index (χ1n) is 12.3. The summed E-state index contributed by atoms with van der Waals surface area (Å²) in [6, 6.07) is 10.7. The van der Waals surface area contributed by atoms with Gasteiger partial charge in [-0.1, -0.05) is 6.07 Å². The lowest BCUT2D eigenvalue weighted by atomic mass is 9.76. The van der Waals surface area contributed by atoms with E-state index in [9.17, 15) is 19.5 Å². The molecule has 0 bridgehead atoms. The van der Waals surface area contributed by atoms with Crippen LogP contribution in [-0.2, 0) is 17.9 Å². The molecule has 4 aromatic rings. The Balaban J connectivity index is 1.38. The molecular weight excluding hydrogens is 490 g/mol. The molecule has 6 rings (SSSR count). The zero-order chi connectivity index (χ0) is 26.8. The van der Waals surface area contributed by atoms with E-state index < -0.39 is 11.4 Å². The fraction of sp³-hybridized carbons (Fsp3) is 0.333. The molecule has 11 nitrogen and oxygen atoms in total. The van der Waals surface area contributed by atoms with Gasteiger partial charge in [-0.3, -0.25) is 18.9 Å². The minimum atomic E-state index is -1.25. The minimum Gasteiger partial charge on any atom is -0.491 e.